The Kier molecular flexibility index (Phi) is 4.29. The van der Waals surface area contributed by atoms with Gasteiger partial charge >= 0.3 is 5.97 Å². The van der Waals surface area contributed by atoms with Crippen LogP contribution in [0.3, 0.4) is 0 Å². The van der Waals surface area contributed by atoms with Gasteiger partial charge in [-0.25, -0.2) is 4.79 Å². The van der Waals surface area contributed by atoms with Crippen molar-refractivity contribution in [2.75, 3.05) is 20.7 Å². The number of carbonyl (C=O) groups is 1. The van der Waals surface area contributed by atoms with E-state index in [1.54, 1.807) is 19.0 Å². The van der Waals surface area contributed by atoms with E-state index in [-0.39, 0.29) is 18.6 Å². The second kappa shape index (κ2) is 4.73. The fraction of sp³-hybridized carbons (Fsp3) is 0.571. The van der Waals surface area contributed by atoms with Gasteiger partial charge in [-0.05, 0) is 0 Å². The number of hydrogen-bond acceptors (Lipinski definition) is 3. The molecule has 0 radical (unpaired) electrons. The number of rotatable bonds is 4. The summed E-state index contributed by atoms with van der Waals surface area (Å²) in [6, 6.07) is 0. The van der Waals surface area contributed by atoms with Crippen molar-refractivity contribution in [3.63, 3.8) is 0 Å². The van der Waals surface area contributed by atoms with Crippen LogP contribution in [-0.4, -0.2) is 41.8 Å². The molecule has 0 aromatic rings. The van der Waals surface area contributed by atoms with Crippen molar-refractivity contribution in [1.29, 1.82) is 0 Å². The number of hydrogen-bond donors (Lipinski definition) is 2. The lowest BCUT2D eigenvalue weighted by molar-refractivity contribution is -0.133. The van der Waals surface area contributed by atoms with Crippen molar-refractivity contribution in [2.45, 2.75) is 6.42 Å². The van der Waals surface area contributed by atoms with Gasteiger partial charge < -0.3 is 15.1 Å². The quantitative estimate of drug-likeness (QED) is 0.562. The molecule has 2 N–H and O–H groups in total. The van der Waals surface area contributed by atoms with Crippen LogP contribution in [0.15, 0.2) is 11.8 Å². The van der Waals surface area contributed by atoms with Crippen molar-refractivity contribution in [2.24, 2.45) is 0 Å². The number of carboxylic acids is 1. The molecule has 0 saturated heterocycles. The van der Waals surface area contributed by atoms with Gasteiger partial charge in [0.1, 0.15) is 0 Å². The Labute approximate surface area is 65.7 Å². The molecule has 0 unspecified atom stereocenters. The van der Waals surface area contributed by atoms with Gasteiger partial charge in [0.15, 0.2) is 0 Å². The number of nitrogens with zero attached hydrogens (tertiary/aromatic N) is 1. The van der Waals surface area contributed by atoms with Crippen molar-refractivity contribution in [1.82, 2.24) is 4.90 Å². The molecular weight excluding hydrogens is 146 g/mol. The Balaban J connectivity index is 4.20. The van der Waals surface area contributed by atoms with Crippen LogP contribution in [0.5, 0.6) is 0 Å². The normalized spacial score (nSPS) is 11.4. The monoisotopic (exact) mass is 159 g/mol. The van der Waals surface area contributed by atoms with Crippen LogP contribution in [0, 0.1) is 0 Å². The van der Waals surface area contributed by atoms with Crippen LogP contribution in [0.25, 0.3) is 0 Å². The molecule has 0 spiro atoms. The molecule has 4 nitrogen and oxygen atoms in total. The smallest absolute Gasteiger partial charge is 0.333 e. The highest BCUT2D eigenvalue weighted by Gasteiger charge is 2.05. The van der Waals surface area contributed by atoms with Crippen molar-refractivity contribution >= 4 is 5.97 Å². The Morgan fingerprint density at radius 1 is 1.55 bits per heavy atom. The van der Waals surface area contributed by atoms with Crippen LogP contribution in [0.4, 0.5) is 0 Å². The van der Waals surface area contributed by atoms with E-state index >= 15 is 0 Å². The van der Waals surface area contributed by atoms with E-state index in [0.29, 0.717) is 0 Å². The minimum absolute atomic E-state index is 0.133. The standard InChI is InChI=1S/C7H13NO3/c1-8(2)5-6(3-4-9)7(10)11/h5,9H,3-4H2,1-2H3,(H,10,11). The molecule has 0 fully saturated rings. The largest absolute Gasteiger partial charge is 0.478 e. The molecule has 0 heterocycles. The third-order valence-corrected chi connectivity index (χ3v) is 1.07. The van der Waals surface area contributed by atoms with Crippen LogP contribution < -0.4 is 0 Å². The molecule has 0 aliphatic carbocycles. The first-order chi connectivity index (χ1) is 5.07. The Morgan fingerprint density at radius 3 is 2.36 bits per heavy atom. The molecular formula is C7H13NO3. The van der Waals surface area contributed by atoms with Gasteiger partial charge in [-0.15, -0.1) is 0 Å². The molecule has 0 aromatic heterocycles. The maximum Gasteiger partial charge on any atom is 0.333 e. The average molecular weight is 159 g/mol. The molecule has 4 heteroatoms. The highest BCUT2D eigenvalue weighted by Crippen LogP contribution is 2.00. The first kappa shape index (κ1) is 9.97. The van der Waals surface area contributed by atoms with E-state index in [9.17, 15) is 4.79 Å². The lowest BCUT2D eigenvalue weighted by Crippen LogP contribution is -2.09. The number of aliphatic carboxylic acids is 1. The summed E-state index contributed by atoms with van der Waals surface area (Å²) in [5.74, 6) is -0.979. The van der Waals surface area contributed by atoms with Gasteiger partial charge in [-0.1, -0.05) is 0 Å². The van der Waals surface area contributed by atoms with Crippen molar-refractivity contribution in [3.05, 3.63) is 11.8 Å². The van der Waals surface area contributed by atoms with E-state index in [0.717, 1.165) is 0 Å². The van der Waals surface area contributed by atoms with Gasteiger partial charge in [-0.3, -0.25) is 0 Å². The van der Waals surface area contributed by atoms with Gasteiger partial charge in [-0.2, -0.15) is 0 Å². The molecule has 0 rings (SSSR count). The Hall–Kier alpha value is -1.03. The summed E-state index contributed by atoms with van der Waals surface area (Å²) in [5.41, 5.74) is 0.220. The van der Waals surface area contributed by atoms with Gasteiger partial charge in [0.2, 0.25) is 0 Å². The molecule has 0 atom stereocenters. The van der Waals surface area contributed by atoms with E-state index in [2.05, 4.69) is 0 Å². The fourth-order valence-electron chi connectivity index (χ4n) is 0.659. The topological polar surface area (TPSA) is 60.8 Å². The average Bonchev–Trinajstić information content (AvgIpc) is 1.86. The number of aliphatic hydroxyl groups excluding tert-OH is 1. The van der Waals surface area contributed by atoms with Gasteiger partial charge in [0.25, 0.3) is 0 Å². The molecule has 64 valence electrons. The highest BCUT2D eigenvalue weighted by atomic mass is 16.4. The van der Waals surface area contributed by atoms with Crippen LogP contribution in [0.1, 0.15) is 6.42 Å². The first-order valence-electron chi connectivity index (χ1n) is 3.29. The fourth-order valence-corrected chi connectivity index (χ4v) is 0.659. The molecule has 0 bridgehead atoms. The van der Waals surface area contributed by atoms with Crippen molar-refractivity contribution in [3.8, 4) is 0 Å². The van der Waals surface area contributed by atoms with E-state index in [1.807, 2.05) is 0 Å². The summed E-state index contributed by atoms with van der Waals surface area (Å²) in [6.07, 6.45) is 1.67. The zero-order chi connectivity index (χ0) is 8.85. The van der Waals surface area contributed by atoms with E-state index < -0.39 is 5.97 Å². The Bertz CT molecular complexity index is 163. The third-order valence-electron chi connectivity index (χ3n) is 1.07. The minimum atomic E-state index is -0.979. The summed E-state index contributed by atoms with van der Waals surface area (Å²) in [4.78, 5) is 12.1. The summed E-state index contributed by atoms with van der Waals surface area (Å²) < 4.78 is 0. The maximum absolute atomic E-state index is 10.4. The Morgan fingerprint density at radius 2 is 2.09 bits per heavy atom. The number of carboxylic acid groups (broad SMARTS) is 1. The summed E-state index contributed by atoms with van der Waals surface area (Å²) in [6.45, 7) is -0.133. The third kappa shape index (κ3) is 4.38. The molecule has 0 saturated carbocycles. The lowest BCUT2D eigenvalue weighted by atomic mass is 10.2. The van der Waals surface area contributed by atoms with Crippen LogP contribution in [-0.2, 0) is 4.79 Å². The predicted molar refractivity (Wildman–Crippen MR) is 41.1 cm³/mol. The molecule has 0 amide bonds. The van der Waals surface area contributed by atoms with Gasteiger partial charge in [0, 0.05) is 33.3 Å². The highest BCUT2D eigenvalue weighted by molar-refractivity contribution is 5.86. The molecule has 0 aliphatic heterocycles. The zero-order valence-corrected chi connectivity index (χ0v) is 6.74. The van der Waals surface area contributed by atoms with Gasteiger partial charge in [0.05, 0.1) is 5.57 Å². The minimum Gasteiger partial charge on any atom is -0.478 e. The zero-order valence-electron chi connectivity index (χ0n) is 6.74. The summed E-state index contributed by atoms with van der Waals surface area (Å²) in [7, 11) is 3.47. The summed E-state index contributed by atoms with van der Waals surface area (Å²) >= 11 is 0. The molecule has 0 aliphatic rings. The molecule has 0 aromatic carbocycles. The maximum atomic E-state index is 10.4. The first-order valence-corrected chi connectivity index (χ1v) is 3.29. The summed E-state index contributed by atoms with van der Waals surface area (Å²) in [5, 5.41) is 17.0. The SMILES string of the molecule is CN(C)C=C(CCO)C(=O)O. The second-order valence-electron chi connectivity index (χ2n) is 2.40. The second-order valence-corrected chi connectivity index (χ2v) is 2.40. The lowest BCUT2D eigenvalue weighted by Gasteiger charge is -2.06. The van der Waals surface area contributed by atoms with Crippen LogP contribution in [0.2, 0.25) is 0 Å². The predicted octanol–water partition coefficient (Wildman–Crippen LogP) is -0.101. The van der Waals surface area contributed by atoms with Crippen molar-refractivity contribution < 1.29 is 15.0 Å². The molecule has 11 heavy (non-hydrogen) atoms. The van der Waals surface area contributed by atoms with E-state index in [4.69, 9.17) is 10.2 Å². The van der Waals surface area contributed by atoms with E-state index in [1.165, 1.54) is 6.20 Å². The van der Waals surface area contributed by atoms with Crippen LogP contribution >= 0.6 is 0 Å². The number of aliphatic hydroxyl groups is 1.